The van der Waals surface area contributed by atoms with E-state index in [1.54, 1.807) is 0 Å². The number of nitrogens with zero attached hydrogens (tertiary/aromatic N) is 2. The average molecular weight is 416 g/mol. The summed E-state index contributed by atoms with van der Waals surface area (Å²) in [5.74, 6) is 0.733. The van der Waals surface area contributed by atoms with Gasteiger partial charge in [0.1, 0.15) is 10.6 Å². The zero-order valence-corrected chi connectivity index (χ0v) is 17.7. The second-order valence-electron chi connectivity index (χ2n) is 7.05. The van der Waals surface area contributed by atoms with Crippen LogP contribution in [0.15, 0.2) is 41.8 Å². The summed E-state index contributed by atoms with van der Waals surface area (Å²) in [4.78, 5) is 29.8. The van der Waals surface area contributed by atoms with E-state index >= 15 is 0 Å². The quantitative estimate of drug-likeness (QED) is 0.720. The molecule has 1 aromatic carbocycles. The summed E-state index contributed by atoms with van der Waals surface area (Å²) in [6.07, 6.45) is 1.69. The van der Waals surface area contributed by atoms with E-state index in [2.05, 4.69) is 22.3 Å². The van der Waals surface area contributed by atoms with E-state index in [0.717, 1.165) is 19.4 Å². The number of nitrogens with one attached hydrogen (secondary N) is 1. The number of thiophene rings is 1. The number of benzene rings is 1. The Bertz CT molecular complexity index is 794. The molecule has 1 aliphatic heterocycles. The number of carbonyl (C=O) groups excluding carboxylic acids is 2. The van der Waals surface area contributed by atoms with Gasteiger partial charge in [-0.2, -0.15) is 0 Å². The number of amides is 2. The van der Waals surface area contributed by atoms with Crippen LogP contribution < -0.4 is 10.1 Å². The summed E-state index contributed by atoms with van der Waals surface area (Å²) in [7, 11) is 0. The van der Waals surface area contributed by atoms with E-state index in [9.17, 15) is 9.59 Å². The van der Waals surface area contributed by atoms with E-state index in [1.807, 2.05) is 41.5 Å². The fourth-order valence-corrected chi connectivity index (χ4v) is 4.25. The molecule has 2 heterocycles. The van der Waals surface area contributed by atoms with E-state index in [1.165, 1.54) is 16.9 Å². The van der Waals surface area contributed by atoms with Crippen molar-refractivity contribution in [3.63, 3.8) is 0 Å². The number of hydrogen-bond donors (Lipinski definition) is 1. The summed E-state index contributed by atoms with van der Waals surface area (Å²) < 4.78 is 5.56. The molecule has 1 aromatic heterocycles. The average Bonchev–Trinajstić information content (AvgIpc) is 3.06. The highest BCUT2D eigenvalue weighted by atomic mass is 32.1. The summed E-state index contributed by atoms with van der Waals surface area (Å²) in [6, 6.07) is 12.0. The van der Waals surface area contributed by atoms with E-state index in [-0.39, 0.29) is 11.8 Å². The molecule has 29 heavy (non-hydrogen) atoms. The molecule has 2 amide bonds. The van der Waals surface area contributed by atoms with Crippen LogP contribution in [0, 0.1) is 0 Å². The van der Waals surface area contributed by atoms with Crippen molar-refractivity contribution in [1.29, 1.82) is 0 Å². The summed E-state index contributed by atoms with van der Waals surface area (Å²) >= 11 is 1.42. The number of hydrogen-bond acceptors (Lipinski definition) is 5. The Labute approximate surface area is 176 Å². The first kappa shape index (κ1) is 21.3. The van der Waals surface area contributed by atoms with Gasteiger partial charge in [-0.05, 0) is 36.8 Å². The SMILES string of the molecule is CCOc1ccsc1C(=O)N1CCCN(CC(=O)NCCc2ccccc2)CC1. The molecular formula is C22H29N3O3S. The Kier molecular flexibility index (Phi) is 8.07. The molecule has 7 heteroatoms. The van der Waals surface area contributed by atoms with Crippen molar-refractivity contribution >= 4 is 23.2 Å². The van der Waals surface area contributed by atoms with Crippen molar-refractivity contribution in [3.05, 3.63) is 52.2 Å². The number of ether oxygens (including phenoxy) is 1. The first-order valence-corrected chi connectivity index (χ1v) is 11.1. The monoisotopic (exact) mass is 415 g/mol. The van der Waals surface area contributed by atoms with Gasteiger partial charge in [0, 0.05) is 32.7 Å². The van der Waals surface area contributed by atoms with Gasteiger partial charge < -0.3 is 15.0 Å². The zero-order chi connectivity index (χ0) is 20.5. The van der Waals surface area contributed by atoms with Crippen LogP contribution in [0.2, 0.25) is 0 Å². The van der Waals surface area contributed by atoms with Crippen molar-refractivity contribution in [3.8, 4) is 5.75 Å². The molecular weight excluding hydrogens is 386 g/mol. The van der Waals surface area contributed by atoms with Crippen LogP contribution in [0.3, 0.4) is 0 Å². The molecule has 1 N–H and O–H groups in total. The lowest BCUT2D eigenvalue weighted by atomic mass is 10.1. The Morgan fingerprint density at radius 3 is 2.72 bits per heavy atom. The normalized spacial score (nSPS) is 15.0. The standard InChI is InChI=1S/C22H29N3O3S/c1-2-28-19-10-16-29-21(19)22(27)25-13-6-12-24(14-15-25)17-20(26)23-11-9-18-7-4-3-5-8-18/h3-5,7-8,10,16H,2,6,9,11-15,17H2,1H3,(H,23,26). The van der Waals surface area contributed by atoms with Gasteiger partial charge in [-0.25, -0.2) is 0 Å². The lowest BCUT2D eigenvalue weighted by Crippen LogP contribution is -2.40. The minimum Gasteiger partial charge on any atom is -0.492 e. The van der Waals surface area contributed by atoms with Crippen LogP contribution in [0.4, 0.5) is 0 Å². The highest BCUT2D eigenvalue weighted by Crippen LogP contribution is 2.26. The first-order chi connectivity index (χ1) is 14.2. The third-order valence-electron chi connectivity index (χ3n) is 4.94. The molecule has 0 atom stereocenters. The van der Waals surface area contributed by atoms with Crippen molar-refractivity contribution < 1.29 is 14.3 Å². The molecule has 156 valence electrons. The van der Waals surface area contributed by atoms with E-state index in [0.29, 0.717) is 50.0 Å². The van der Waals surface area contributed by atoms with Crippen LogP contribution in [-0.4, -0.2) is 67.5 Å². The van der Waals surface area contributed by atoms with Gasteiger partial charge in [0.15, 0.2) is 0 Å². The van der Waals surface area contributed by atoms with Crippen LogP contribution in [0.25, 0.3) is 0 Å². The topological polar surface area (TPSA) is 61.9 Å². The largest absolute Gasteiger partial charge is 0.492 e. The number of carbonyl (C=O) groups is 2. The highest BCUT2D eigenvalue weighted by molar-refractivity contribution is 7.12. The molecule has 1 aliphatic rings. The molecule has 1 saturated heterocycles. The van der Waals surface area contributed by atoms with Crippen molar-refractivity contribution in [2.45, 2.75) is 19.8 Å². The smallest absolute Gasteiger partial charge is 0.267 e. The minimum atomic E-state index is 0.0256. The molecule has 0 aliphatic carbocycles. The Hall–Kier alpha value is -2.38. The van der Waals surface area contributed by atoms with Crippen LogP contribution >= 0.6 is 11.3 Å². The maximum atomic E-state index is 12.9. The molecule has 0 unspecified atom stereocenters. The van der Waals surface area contributed by atoms with Crippen LogP contribution in [0.1, 0.15) is 28.6 Å². The molecule has 0 radical (unpaired) electrons. The maximum absolute atomic E-state index is 12.9. The second-order valence-corrected chi connectivity index (χ2v) is 7.97. The van der Waals surface area contributed by atoms with Gasteiger partial charge in [0.05, 0.1) is 13.2 Å². The molecule has 1 fully saturated rings. The predicted molar refractivity (Wildman–Crippen MR) is 116 cm³/mol. The molecule has 0 saturated carbocycles. The maximum Gasteiger partial charge on any atom is 0.267 e. The Balaban J connectivity index is 1.43. The van der Waals surface area contributed by atoms with E-state index < -0.39 is 0 Å². The fourth-order valence-electron chi connectivity index (χ4n) is 3.45. The van der Waals surface area contributed by atoms with Gasteiger partial charge in [0.25, 0.3) is 5.91 Å². The minimum absolute atomic E-state index is 0.0256. The fraction of sp³-hybridized carbons (Fsp3) is 0.455. The van der Waals surface area contributed by atoms with Gasteiger partial charge >= 0.3 is 0 Å². The third-order valence-corrected chi connectivity index (χ3v) is 5.83. The summed E-state index contributed by atoms with van der Waals surface area (Å²) in [6.45, 7) is 6.32. The van der Waals surface area contributed by atoms with Crippen molar-refractivity contribution in [2.75, 3.05) is 45.9 Å². The van der Waals surface area contributed by atoms with Crippen LogP contribution in [0.5, 0.6) is 5.75 Å². The summed E-state index contributed by atoms with van der Waals surface area (Å²) in [5.41, 5.74) is 1.22. The number of rotatable bonds is 8. The van der Waals surface area contributed by atoms with Gasteiger partial charge in [-0.1, -0.05) is 30.3 Å². The summed E-state index contributed by atoms with van der Waals surface area (Å²) in [5, 5.41) is 4.89. The molecule has 0 spiro atoms. The third kappa shape index (κ3) is 6.30. The molecule has 2 aromatic rings. The lowest BCUT2D eigenvalue weighted by Gasteiger charge is -2.21. The first-order valence-electron chi connectivity index (χ1n) is 10.2. The zero-order valence-electron chi connectivity index (χ0n) is 16.9. The Morgan fingerprint density at radius 1 is 1.10 bits per heavy atom. The molecule has 0 bridgehead atoms. The molecule has 3 rings (SSSR count). The predicted octanol–water partition coefficient (Wildman–Crippen LogP) is 2.65. The van der Waals surface area contributed by atoms with Gasteiger partial charge in [-0.15, -0.1) is 11.3 Å². The second kappa shape index (κ2) is 11.0. The lowest BCUT2D eigenvalue weighted by molar-refractivity contribution is -0.122. The van der Waals surface area contributed by atoms with Crippen molar-refractivity contribution in [2.24, 2.45) is 0 Å². The van der Waals surface area contributed by atoms with Gasteiger partial charge in [-0.3, -0.25) is 14.5 Å². The Morgan fingerprint density at radius 2 is 1.93 bits per heavy atom. The van der Waals surface area contributed by atoms with Crippen LogP contribution in [-0.2, 0) is 11.2 Å². The molecule has 6 nitrogen and oxygen atoms in total. The highest BCUT2D eigenvalue weighted by Gasteiger charge is 2.24. The van der Waals surface area contributed by atoms with Gasteiger partial charge in [0.2, 0.25) is 5.91 Å². The van der Waals surface area contributed by atoms with E-state index in [4.69, 9.17) is 4.74 Å². The van der Waals surface area contributed by atoms with Crippen molar-refractivity contribution in [1.82, 2.24) is 15.1 Å².